The summed E-state index contributed by atoms with van der Waals surface area (Å²) in [6, 6.07) is 6.09. The standard InChI is InChI=1S/C14H20O3S/c1-4-13(14(15)16)18-8-7-17-12-9-10(2)5-6-11(12)3/h5-6,9,13H,4,7-8H2,1-3H3,(H,15,16). The molecule has 4 heteroatoms. The van der Waals surface area contributed by atoms with Crippen LogP contribution in [-0.4, -0.2) is 28.7 Å². The molecule has 1 aromatic rings. The molecule has 100 valence electrons. The highest BCUT2D eigenvalue weighted by Crippen LogP contribution is 2.20. The molecule has 0 aliphatic rings. The lowest BCUT2D eigenvalue weighted by atomic mass is 10.1. The van der Waals surface area contributed by atoms with E-state index in [1.54, 1.807) is 0 Å². The number of hydrogen-bond donors (Lipinski definition) is 1. The van der Waals surface area contributed by atoms with Crippen LogP contribution in [0.4, 0.5) is 0 Å². The summed E-state index contributed by atoms with van der Waals surface area (Å²) in [4.78, 5) is 10.8. The van der Waals surface area contributed by atoms with Crippen LogP contribution < -0.4 is 4.74 Å². The molecule has 0 fully saturated rings. The Labute approximate surface area is 113 Å². The van der Waals surface area contributed by atoms with E-state index in [1.165, 1.54) is 17.3 Å². The Morgan fingerprint density at radius 2 is 2.17 bits per heavy atom. The fraction of sp³-hybridized carbons (Fsp3) is 0.500. The van der Waals surface area contributed by atoms with Crippen molar-refractivity contribution in [3.05, 3.63) is 29.3 Å². The maximum Gasteiger partial charge on any atom is 0.316 e. The van der Waals surface area contributed by atoms with Gasteiger partial charge in [0.15, 0.2) is 0 Å². The average Bonchev–Trinajstić information content (AvgIpc) is 2.33. The Morgan fingerprint density at radius 1 is 1.44 bits per heavy atom. The van der Waals surface area contributed by atoms with Crippen LogP contribution in [0.5, 0.6) is 5.75 Å². The van der Waals surface area contributed by atoms with E-state index < -0.39 is 5.97 Å². The van der Waals surface area contributed by atoms with Gasteiger partial charge in [0.1, 0.15) is 11.0 Å². The Bertz CT molecular complexity index is 404. The van der Waals surface area contributed by atoms with E-state index in [0.29, 0.717) is 18.8 Å². The molecule has 1 rings (SSSR count). The van der Waals surface area contributed by atoms with Crippen LogP contribution in [0.25, 0.3) is 0 Å². The summed E-state index contributed by atoms with van der Waals surface area (Å²) in [6.07, 6.45) is 0.642. The van der Waals surface area contributed by atoms with Crippen LogP contribution in [0.1, 0.15) is 24.5 Å². The summed E-state index contributed by atoms with van der Waals surface area (Å²) in [6.45, 7) is 6.46. The lowest BCUT2D eigenvalue weighted by Gasteiger charge is -2.12. The summed E-state index contributed by atoms with van der Waals surface area (Å²) >= 11 is 1.43. The zero-order valence-electron chi connectivity index (χ0n) is 11.1. The number of carbonyl (C=O) groups is 1. The lowest BCUT2D eigenvalue weighted by Crippen LogP contribution is -2.17. The van der Waals surface area contributed by atoms with E-state index in [9.17, 15) is 4.79 Å². The Hall–Kier alpha value is -1.16. The molecule has 0 aliphatic heterocycles. The highest BCUT2D eigenvalue weighted by molar-refractivity contribution is 8.00. The van der Waals surface area contributed by atoms with E-state index >= 15 is 0 Å². The van der Waals surface area contributed by atoms with Crippen molar-refractivity contribution < 1.29 is 14.6 Å². The van der Waals surface area contributed by atoms with Crippen molar-refractivity contribution in [1.82, 2.24) is 0 Å². The third-order valence-corrected chi connectivity index (χ3v) is 3.99. The van der Waals surface area contributed by atoms with Crippen molar-refractivity contribution >= 4 is 17.7 Å². The van der Waals surface area contributed by atoms with Gasteiger partial charge in [0.2, 0.25) is 0 Å². The minimum atomic E-state index is -0.741. The van der Waals surface area contributed by atoms with E-state index in [-0.39, 0.29) is 5.25 Å². The van der Waals surface area contributed by atoms with Crippen molar-refractivity contribution in [3.63, 3.8) is 0 Å². The molecule has 1 N–H and O–H groups in total. The number of ether oxygens (including phenoxy) is 1. The maximum atomic E-state index is 10.8. The zero-order chi connectivity index (χ0) is 13.5. The molecule has 0 amide bonds. The molecule has 3 nitrogen and oxygen atoms in total. The normalized spacial score (nSPS) is 12.2. The minimum absolute atomic E-state index is 0.327. The van der Waals surface area contributed by atoms with E-state index in [4.69, 9.17) is 9.84 Å². The first-order chi connectivity index (χ1) is 8.54. The van der Waals surface area contributed by atoms with Crippen LogP contribution >= 0.6 is 11.8 Å². The monoisotopic (exact) mass is 268 g/mol. The number of hydrogen-bond acceptors (Lipinski definition) is 3. The number of benzene rings is 1. The largest absolute Gasteiger partial charge is 0.492 e. The van der Waals surface area contributed by atoms with Crippen molar-refractivity contribution in [1.29, 1.82) is 0 Å². The second-order valence-corrected chi connectivity index (χ2v) is 5.53. The predicted octanol–water partition coefficient (Wildman–Crippen LogP) is 3.28. The molecular weight excluding hydrogens is 248 g/mol. The number of rotatable bonds is 7. The van der Waals surface area contributed by atoms with Crippen molar-refractivity contribution in [2.75, 3.05) is 12.4 Å². The number of carboxylic acids is 1. The van der Waals surface area contributed by atoms with Crippen LogP contribution in [-0.2, 0) is 4.79 Å². The molecule has 1 aromatic carbocycles. The molecule has 0 saturated heterocycles. The van der Waals surface area contributed by atoms with Gasteiger partial charge in [0.25, 0.3) is 0 Å². The van der Waals surface area contributed by atoms with Gasteiger partial charge in [-0.15, -0.1) is 11.8 Å². The fourth-order valence-corrected chi connectivity index (χ4v) is 2.41. The first-order valence-corrected chi connectivity index (χ1v) is 7.14. The summed E-state index contributed by atoms with van der Waals surface area (Å²) in [5, 5.41) is 8.58. The predicted molar refractivity (Wildman–Crippen MR) is 75.6 cm³/mol. The first-order valence-electron chi connectivity index (χ1n) is 6.09. The Morgan fingerprint density at radius 3 is 2.78 bits per heavy atom. The van der Waals surface area contributed by atoms with Crippen molar-refractivity contribution in [2.24, 2.45) is 0 Å². The van der Waals surface area contributed by atoms with Crippen LogP contribution in [0.2, 0.25) is 0 Å². The molecule has 0 aliphatic carbocycles. The number of aliphatic carboxylic acids is 1. The van der Waals surface area contributed by atoms with Crippen LogP contribution in [0, 0.1) is 13.8 Å². The van der Waals surface area contributed by atoms with Gasteiger partial charge < -0.3 is 9.84 Å². The maximum absolute atomic E-state index is 10.8. The SMILES string of the molecule is CCC(SCCOc1cc(C)ccc1C)C(=O)O. The topological polar surface area (TPSA) is 46.5 Å². The average molecular weight is 268 g/mol. The molecule has 0 radical (unpaired) electrons. The van der Waals surface area contributed by atoms with E-state index in [1.807, 2.05) is 32.9 Å². The van der Waals surface area contributed by atoms with Gasteiger partial charge in [-0.1, -0.05) is 19.1 Å². The van der Waals surface area contributed by atoms with Crippen LogP contribution in [0.3, 0.4) is 0 Å². The van der Waals surface area contributed by atoms with Crippen molar-refractivity contribution in [2.45, 2.75) is 32.4 Å². The number of carboxylic acid groups (broad SMARTS) is 1. The molecule has 0 saturated carbocycles. The van der Waals surface area contributed by atoms with Gasteiger partial charge in [-0.05, 0) is 37.5 Å². The second-order valence-electron chi connectivity index (χ2n) is 4.22. The highest BCUT2D eigenvalue weighted by Gasteiger charge is 2.14. The third kappa shape index (κ3) is 4.61. The van der Waals surface area contributed by atoms with Gasteiger partial charge in [0.05, 0.1) is 6.61 Å². The lowest BCUT2D eigenvalue weighted by molar-refractivity contribution is -0.136. The fourth-order valence-electron chi connectivity index (χ4n) is 1.57. The molecule has 18 heavy (non-hydrogen) atoms. The summed E-state index contributed by atoms with van der Waals surface area (Å²) in [7, 11) is 0. The quantitative estimate of drug-likeness (QED) is 0.771. The highest BCUT2D eigenvalue weighted by atomic mass is 32.2. The molecule has 0 bridgehead atoms. The first kappa shape index (κ1) is 14.9. The van der Waals surface area contributed by atoms with E-state index in [0.717, 1.165) is 11.3 Å². The summed E-state index contributed by atoms with van der Waals surface area (Å²) in [5.41, 5.74) is 2.27. The smallest absolute Gasteiger partial charge is 0.316 e. The minimum Gasteiger partial charge on any atom is -0.492 e. The van der Waals surface area contributed by atoms with Gasteiger partial charge in [0, 0.05) is 5.75 Å². The third-order valence-electron chi connectivity index (χ3n) is 2.65. The summed E-state index contributed by atoms with van der Waals surface area (Å²) in [5.74, 6) is 0.839. The Balaban J connectivity index is 2.37. The van der Waals surface area contributed by atoms with E-state index in [2.05, 4.69) is 6.07 Å². The van der Waals surface area contributed by atoms with Crippen LogP contribution in [0.15, 0.2) is 18.2 Å². The van der Waals surface area contributed by atoms with Crippen molar-refractivity contribution in [3.8, 4) is 5.75 Å². The van der Waals surface area contributed by atoms with Gasteiger partial charge >= 0.3 is 5.97 Å². The number of aryl methyl sites for hydroxylation is 2. The molecule has 0 spiro atoms. The Kier molecular flexibility index (Phi) is 6.05. The van der Waals surface area contributed by atoms with Gasteiger partial charge in [-0.25, -0.2) is 0 Å². The summed E-state index contributed by atoms with van der Waals surface area (Å²) < 4.78 is 5.68. The molecule has 0 aromatic heterocycles. The second kappa shape index (κ2) is 7.31. The zero-order valence-corrected chi connectivity index (χ0v) is 11.9. The molecular formula is C14H20O3S. The van der Waals surface area contributed by atoms with Gasteiger partial charge in [-0.2, -0.15) is 0 Å². The van der Waals surface area contributed by atoms with Gasteiger partial charge in [-0.3, -0.25) is 4.79 Å². The number of thioether (sulfide) groups is 1. The molecule has 0 heterocycles. The molecule has 1 atom stereocenters. The molecule has 1 unspecified atom stereocenters.